The van der Waals surface area contributed by atoms with E-state index in [0.29, 0.717) is 19.0 Å². The zero-order valence-electron chi connectivity index (χ0n) is 14.1. The summed E-state index contributed by atoms with van der Waals surface area (Å²) in [5.74, 6) is 1.99. The molecule has 2 fully saturated rings. The Morgan fingerprint density at radius 2 is 1.83 bits per heavy atom. The van der Waals surface area contributed by atoms with Crippen LogP contribution in [0.25, 0.3) is 0 Å². The topological polar surface area (TPSA) is 75.2 Å². The van der Waals surface area contributed by atoms with Gasteiger partial charge in [-0.3, -0.25) is 0 Å². The first kappa shape index (κ1) is 16.6. The summed E-state index contributed by atoms with van der Waals surface area (Å²) in [5, 5.41) is 3.35. The molecule has 0 bridgehead atoms. The lowest BCUT2D eigenvalue weighted by atomic mass is 10.1. The highest BCUT2D eigenvalue weighted by Gasteiger charge is 2.41. The number of hydrogen-bond donors (Lipinski definition) is 1. The van der Waals surface area contributed by atoms with Crippen molar-refractivity contribution >= 4 is 15.8 Å². The SMILES string of the molecule is Cc1cc(NC2CCN(S(=O)(=O)C3CC3)CC2)nc(C(C)C)n1. The lowest BCUT2D eigenvalue weighted by Gasteiger charge is -2.32. The molecule has 2 aliphatic rings. The number of rotatable bonds is 5. The van der Waals surface area contributed by atoms with E-state index in [2.05, 4.69) is 29.1 Å². The maximum absolute atomic E-state index is 12.3. The largest absolute Gasteiger partial charge is 0.367 e. The van der Waals surface area contributed by atoms with Crippen LogP contribution in [-0.4, -0.2) is 47.1 Å². The van der Waals surface area contributed by atoms with E-state index in [4.69, 9.17) is 0 Å². The van der Waals surface area contributed by atoms with Crippen molar-refractivity contribution in [3.8, 4) is 0 Å². The third-order valence-corrected chi connectivity index (χ3v) is 6.90. The van der Waals surface area contributed by atoms with Crippen LogP contribution in [-0.2, 0) is 10.0 Å². The van der Waals surface area contributed by atoms with E-state index in [1.807, 2.05) is 13.0 Å². The Bertz CT molecular complexity index is 663. The van der Waals surface area contributed by atoms with Gasteiger partial charge in [-0.05, 0) is 32.6 Å². The van der Waals surface area contributed by atoms with E-state index in [-0.39, 0.29) is 11.3 Å². The Morgan fingerprint density at radius 3 is 2.39 bits per heavy atom. The smallest absolute Gasteiger partial charge is 0.216 e. The lowest BCUT2D eigenvalue weighted by Crippen LogP contribution is -2.43. The highest BCUT2D eigenvalue weighted by atomic mass is 32.2. The average molecular weight is 338 g/mol. The van der Waals surface area contributed by atoms with Gasteiger partial charge >= 0.3 is 0 Å². The van der Waals surface area contributed by atoms with Crippen LogP contribution in [0.3, 0.4) is 0 Å². The molecule has 0 radical (unpaired) electrons. The standard InChI is InChI=1S/C16H26N4O2S/c1-11(2)16-17-12(3)10-15(19-16)18-13-6-8-20(9-7-13)23(21,22)14-4-5-14/h10-11,13-14H,4-9H2,1-3H3,(H,17,18,19). The number of piperidine rings is 1. The molecule has 0 unspecified atom stereocenters. The summed E-state index contributed by atoms with van der Waals surface area (Å²) < 4.78 is 26.2. The van der Waals surface area contributed by atoms with Crippen LogP contribution in [0.15, 0.2) is 6.07 Å². The maximum Gasteiger partial charge on any atom is 0.216 e. The number of sulfonamides is 1. The molecule has 7 heteroatoms. The van der Waals surface area contributed by atoms with Crippen LogP contribution in [0, 0.1) is 6.92 Å². The lowest BCUT2D eigenvalue weighted by molar-refractivity contribution is 0.329. The van der Waals surface area contributed by atoms with Gasteiger partial charge in [-0.15, -0.1) is 0 Å². The molecule has 1 aromatic rings. The van der Waals surface area contributed by atoms with E-state index in [1.54, 1.807) is 4.31 Å². The molecule has 128 valence electrons. The van der Waals surface area contributed by atoms with Crippen molar-refractivity contribution in [2.24, 2.45) is 0 Å². The molecule has 6 nitrogen and oxygen atoms in total. The predicted molar refractivity (Wildman–Crippen MR) is 91.0 cm³/mol. The Morgan fingerprint density at radius 1 is 1.17 bits per heavy atom. The van der Waals surface area contributed by atoms with Crippen LogP contribution < -0.4 is 5.32 Å². The summed E-state index contributed by atoms with van der Waals surface area (Å²) in [6, 6.07) is 2.23. The van der Waals surface area contributed by atoms with Gasteiger partial charge in [0.05, 0.1) is 5.25 Å². The molecule has 1 aliphatic heterocycles. The van der Waals surface area contributed by atoms with Gasteiger partial charge in [-0.25, -0.2) is 22.7 Å². The Balaban J connectivity index is 1.60. The minimum absolute atomic E-state index is 0.106. The summed E-state index contributed by atoms with van der Waals surface area (Å²) in [6.07, 6.45) is 3.31. The van der Waals surface area contributed by atoms with Crippen molar-refractivity contribution in [1.82, 2.24) is 14.3 Å². The molecule has 1 N–H and O–H groups in total. The first-order valence-electron chi connectivity index (χ1n) is 8.47. The van der Waals surface area contributed by atoms with Crippen molar-refractivity contribution in [3.63, 3.8) is 0 Å². The fourth-order valence-corrected chi connectivity index (χ4v) is 4.84. The van der Waals surface area contributed by atoms with Crippen LogP contribution in [0.5, 0.6) is 0 Å². The second-order valence-electron chi connectivity index (χ2n) is 6.97. The first-order valence-corrected chi connectivity index (χ1v) is 9.97. The number of nitrogens with zero attached hydrogens (tertiary/aromatic N) is 3. The molecule has 1 saturated heterocycles. The molecule has 0 spiro atoms. The average Bonchev–Trinajstić information content (AvgIpc) is 3.32. The molecule has 23 heavy (non-hydrogen) atoms. The number of anilines is 1. The Hall–Kier alpha value is -1.21. The van der Waals surface area contributed by atoms with E-state index >= 15 is 0 Å². The zero-order valence-corrected chi connectivity index (χ0v) is 14.9. The van der Waals surface area contributed by atoms with E-state index < -0.39 is 10.0 Å². The van der Waals surface area contributed by atoms with Gasteiger partial charge < -0.3 is 5.32 Å². The van der Waals surface area contributed by atoms with Crippen LogP contribution >= 0.6 is 0 Å². The second-order valence-corrected chi connectivity index (χ2v) is 9.18. The second kappa shape index (κ2) is 6.36. The highest BCUT2D eigenvalue weighted by Crippen LogP contribution is 2.32. The summed E-state index contributed by atoms with van der Waals surface area (Å²) >= 11 is 0. The molecule has 1 aliphatic carbocycles. The Kier molecular flexibility index (Phi) is 4.60. The quantitative estimate of drug-likeness (QED) is 0.891. The highest BCUT2D eigenvalue weighted by molar-refractivity contribution is 7.90. The fourth-order valence-electron chi connectivity index (χ4n) is 2.96. The van der Waals surface area contributed by atoms with Crippen molar-refractivity contribution in [3.05, 3.63) is 17.6 Å². The number of nitrogens with one attached hydrogen (secondary N) is 1. The van der Waals surface area contributed by atoms with Crippen molar-refractivity contribution in [2.75, 3.05) is 18.4 Å². The molecule has 1 saturated carbocycles. The van der Waals surface area contributed by atoms with Crippen molar-refractivity contribution < 1.29 is 8.42 Å². The third-order valence-electron chi connectivity index (χ3n) is 4.50. The normalized spacial score (nSPS) is 20.9. The minimum atomic E-state index is -3.03. The Labute approximate surface area is 138 Å². The molecular formula is C16H26N4O2S. The van der Waals surface area contributed by atoms with Crippen molar-refractivity contribution in [1.29, 1.82) is 0 Å². The van der Waals surface area contributed by atoms with Gasteiger partial charge in [0.15, 0.2) is 0 Å². The number of aryl methyl sites for hydroxylation is 1. The van der Waals surface area contributed by atoms with E-state index in [1.165, 1.54) is 0 Å². The van der Waals surface area contributed by atoms with Gasteiger partial charge in [0.2, 0.25) is 10.0 Å². The molecule has 3 rings (SSSR count). The van der Waals surface area contributed by atoms with E-state index in [0.717, 1.165) is 43.0 Å². The number of hydrogen-bond acceptors (Lipinski definition) is 5. The summed E-state index contributed by atoms with van der Waals surface area (Å²) in [7, 11) is -3.03. The monoisotopic (exact) mass is 338 g/mol. The van der Waals surface area contributed by atoms with Crippen LogP contribution in [0.4, 0.5) is 5.82 Å². The summed E-state index contributed by atoms with van der Waals surface area (Å²) in [4.78, 5) is 9.04. The van der Waals surface area contributed by atoms with Crippen LogP contribution in [0.1, 0.15) is 57.0 Å². The van der Waals surface area contributed by atoms with E-state index in [9.17, 15) is 8.42 Å². The third kappa shape index (κ3) is 3.83. The molecule has 1 aromatic heterocycles. The zero-order chi connectivity index (χ0) is 16.6. The van der Waals surface area contributed by atoms with Gasteiger partial charge in [0.25, 0.3) is 0 Å². The molecule has 0 amide bonds. The fraction of sp³-hybridized carbons (Fsp3) is 0.750. The number of aromatic nitrogens is 2. The van der Waals surface area contributed by atoms with Gasteiger partial charge in [-0.1, -0.05) is 13.8 Å². The van der Waals surface area contributed by atoms with Crippen molar-refractivity contribution in [2.45, 2.75) is 63.7 Å². The van der Waals surface area contributed by atoms with Gasteiger partial charge in [-0.2, -0.15) is 0 Å². The molecule has 0 aromatic carbocycles. The maximum atomic E-state index is 12.3. The molecule has 2 heterocycles. The summed E-state index contributed by atoms with van der Waals surface area (Å²) in [5.41, 5.74) is 0.958. The molecular weight excluding hydrogens is 312 g/mol. The van der Waals surface area contributed by atoms with Gasteiger partial charge in [0, 0.05) is 36.8 Å². The minimum Gasteiger partial charge on any atom is -0.367 e. The van der Waals surface area contributed by atoms with Gasteiger partial charge in [0.1, 0.15) is 11.6 Å². The predicted octanol–water partition coefficient (Wildman–Crippen LogP) is 2.28. The van der Waals surface area contributed by atoms with Crippen LogP contribution in [0.2, 0.25) is 0 Å². The first-order chi connectivity index (χ1) is 10.9. The molecule has 0 atom stereocenters. The summed E-state index contributed by atoms with van der Waals surface area (Å²) in [6.45, 7) is 7.36.